The number of rotatable bonds is 5. The fourth-order valence-electron chi connectivity index (χ4n) is 4.20. The van der Waals surface area contributed by atoms with E-state index in [1.807, 2.05) is 0 Å². The number of nitrogens with one attached hydrogen (secondary N) is 1. The summed E-state index contributed by atoms with van der Waals surface area (Å²) in [6.45, 7) is 0.226. The van der Waals surface area contributed by atoms with Crippen molar-refractivity contribution in [1.82, 2.24) is 19.9 Å². The maximum absolute atomic E-state index is 13.5. The zero-order valence-corrected chi connectivity index (χ0v) is 18.1. The van der Waals surface area contributed by atoms with E-state index in [1.165, 1.54) is 23.5 Å². The molecule has 0 saturated carbocycles. The van der Waals surface area contributed by atoms with E-state index in [9.17, 15) is 23.1 Å². The summed E-state index contributed by atoms with van der Waals surface area (Å²) < 4.78 is 40.4. The van der Waals surface area contributed by atoms with Crippen LogP contribution >= 0.6 is 11.3 Å². The monoisotopic (exact) mass is 472 g/mol. The molecular weight excluding hydrogens is 453 g/mol. The molecule has 4 aromatic rings. The van der Waals surface area contributed by atoms with Crippen molar-refractivity contribution in [2.24, 2.45) is 0 Å². The van der Waals surface area contributed by atoms with Gasteiger partial charge in [0.2, 0.25) is 0 Å². The third-order valence-corrected chi connectivity index (χ3v) is 6.84. The summed E-state index contributed by atoms with van der Waals surface area (Å²) in [5.74, 6) is -2.04. The van der Waals surface area contributed by atoms with Crippen LogP contribution in [-0.4, -0.2) is 43.5 Å². The first-order valence-corrected chi connectivity index (χ1v) is 11.3. The van der Waals surface area contributed by atoms with Crippen LogP contribution in [0.25, 0.3) is 21.5 Å². The highest BCUT2D eigenvalue weighted by Gasteiger charge is 2.33. The molecule has 2 N–H and O–H groups in total. The molecule has 0 bridgehead atoms. The number of fused-ring (bicyclic) bond motifs is 1. The van der Waals surface area contributed by atoms with Crippen molar-refractivity contribution in [2.75, 3.05) is 6.54 Å². The highest BCUT2D eigenvalue weighted by molar-refractivity contribution is 7.15. The number of amides is 1. The van der Waals surface area contributed by atoms with Gasteiger partial charge in [-0.15, -0.1) is 11.3 Å². The van der Waals surface area contributed by atoms with E-state index < -0.39 is 11.6 Å². The molecule has 2 aromatic carbocycles. The van der Waals surface area contributed by atoms with E-state index in [0.717, 1.165) is 25.0 Å². The summed E-state index contributed by atoms with van der Waals surface area (Å²) in [6, 6.07) is 7.72. The molecule has 2 aromatic heterocycles. The molecule has 33 heavy (non-hydrogen) atoms. The zero-order valence-electron chi connectivity index (χ0n) is 17.3. The molecule has 0 aliphatic carbocycles. The fraction of sp³-hybridized carbons (Fsp3) is 0.261. The predicted molar refractivity (Wildman–Crippen MR) is 117 cm³/mol. The van der Waals surface area contributed by atoms with Crippen molar-refractivity contribution in [3.63, 3.8) is 0 Å². The van der Waals surface area contributed by atoms with Crippen LogP contribution in [0.2, 0.25) is 0 Å². The molecule has 1 atom stereocenters. The summed E-state index contributed by atoms with van der Waals surface area (Å²) >= 11 is 1.20. The molecule has 6 nitrogen and oxygen atoms in total. The summed E-state index contributed by atoms with van der Waals surface area (Å²) in [7, 11) is 0. The van der Waals surface area contributed by atoms with Crippen molar-refractivity contribution >= 4 is 28.3 Å². The van der Waals surface area contributed by atoms with Gasteiger partial charge < -0.3 is 15.0 Å². The Bertz CT molecular complexity index is 1300. The molecule has 1 aliphatic heterocycles. The highest BCUT2D eigenvalue weighted by atomic mass is 32.1. The molecular formula is C23H19F3N4O2S. The first kappa shape index (κ1) is 21.6. The third-order valence-electron chi connectivity index (χ3n) is 5.76. The number of H-pyrrole nitrogens is 1. The average molecular weight is 472 g/mol. The van der Waals surface area contributed by atoms with Crippen LogP contribution < -0.4 is 0 Å². The minimum atomic E-state index is -0.963. The first-order valence-electron chi connectivity index (χ1n) is 10.4. The van der Waals surface area contributed by atoms with Crippen LogP contribution in [0.15, 0.2) is 36.4 Å². The molecule has 1 amide bonds. The summed E-state index contributed by atoms with van der Waals surface area (Å²) in [4.78, 5) is 27.5. The van der Waals surface area contributed by atoms with Gasteiger partial charge in [0.1, 0.15) is 22.3 Å². The summed E-state index contributed by atoms with van der Waals surface area (Å²) in [5.41, 5.74) is 1.58. The number of carbonyl (C=O) groups is 1. The molecule has 1 aliphatic rings. The first-order chi connectivity index (χ1) is 15.9. The number of halogens is 3. The van der Waals surface area contributed by atoms with Crippen LogP contribution in [0, 0.1) is 17.5 Å². The van der Waals surface area contributed by atoms with Gasteiger partial charge in [-0.3, -0.25) is 4.79 Å². The van der Waals surface area contributed by atoms with Crippen LogP contribution in [0.5, 0.6) is 0 Å². The van der Waals surface area contributed by atoms with E-state index in [4.69, 9.17) is 0 Å². The number of carbonyl (C=O) groups excluding carboxylic acids is 1. The smallest absolute Gasteiger partial charge is 0.274 e. The van der Waals surface area contributed by atoms with E-state index in [2.05, 4.69) is 15.0 Å². The number of nitrogens with zero attached hydrogens (tertiary/aromatic N) is 3. The van der Waals surface area contributed by atoms with E-state index in [1.54, 1.807) is 17.0 Å². The Balaban J connectivity index is 1.43. The summed E-state index contributed by atoms with van der Waals surface area (Å²) in [6.07, 6.45) is 1.93. The lowest BCUT2D eigenvalue weighted by Gasteiger charge is -2.23. The summed E-state index contributed by atoms with van der Waals surface area (Å²) in [5, 5.41) is 9.96. The van der Waals surface area contributed by atoms with Crippen LogP contribution in [0.3, 0.4) is 0 Å². The van der Waals surface area contributed by atoms with Gasteiger partial charge in [0, 0.05) is 31.1 Å². The fourth-order valence-corrected chi connectivity index (χ4v) is 5.12. The van der Waals surface area contributed by atoms with Gasteiger partial charge in [-0.2, -0.15) is 0 Å². The minimum Gasteiger partial charge on any atom is -0.389 e. The Labute approximate surface area is 190 Å². The van der Waals surface area contributed by atoms with Crippen LogP contribution in [0.4, 0.5) is 13.2 Å². The van der Waals surface area contributed by atoms with Crippen LogP contribution in [0.1, 0.15) is 34.2 Å². The maximum Gasteiger partial charge on any atom is 0.274 e. The molecule has 3 heterocycles. The van der Waals surface area contributed by atoms with Crippen molar-refractivity contribution in [3.8, 4) is 10.4 Å². The number of thiazole rings is 1. The second-order valence-electron chi connectivity index (χ2n) is 7.92. The lowest BCUT2D eigenvalue weighted by Crippen LogP contribution is -2.37. The normalized spacial score (nSPS) is 16.1. The molecule has 1 saturated heterocycles. The Morgan fingerprint density at radius 2 is 1.91 bits per heavy atom. The number of hydrogen-bond acceptors (Lipinski definition) is 5. The Morgan fingerprint density at radius 1 is 1.15 bits per heavy atom. The minimum absolute atomic E-state index is 0.173. The van der Waals surface area contributed by atoms with E-state index in [0.29, 0.717) is 45.3 Å². The number of imidazole rings is 1. The van der Waals surface area contributed by atoms with Crippen molar-refractivity contribution < 1.29 is 23.1 Å². The lowest BCUT2D eigenvalue weighted by molar-refractivity contribution is 0.0730. The molecule has 1 fully saturated rings. The molecule has 5 rings (SSSR count). The topological polar surface area (TPSA) is 82.1 Å². The van der Waals surface area contributed by atoms with Crippen molar-refractivity contribution in [3.05, 3.63) is 70.4 Å². The molecule has 0 spiro atoms. The van der Waals surface area contributed by atoms with E-state index in [-0.39, 0.29) is 30.1 Å². The second-order valence-corrected chi connectivity index (χ2v) is 9.00. The second kappa shape index (κ2) is 8.60. The Kier molecular flexibility index (Phi) is 5.63. The average Bonchev–Trinajstić information content (AvgIpc) is 3.53. The van der Waals surface area contributed by atoms with E-state index >= 15 is 0 Å². The number of hydrogen-bond donors (Lipinski definition) is 2. The molecule has 0 radical (unpaired) electrons. The van der Waals surface area contributed by atoms with Crippen LogP contribution in [-0.2, 0) is 13.0 Å². The van der Waals surface area contributed by atoms with Crippen molar-refractivity contribution in [2.45, 2.75) is 31.9 Å². The van der Waals surface area contributed by atoms with Gasteiger partial charge in [-0.05, 0) is 30.5 Å². The van der Waals surface area contributed by atoms with Crippen molar-refractivity contribution in [1.29, 1.82) is 0 Å². The Hall–Kier alpha value is -3.24. The predicted octanol–water partition coefficient (Wildman–Crippen LogP) is 4.44. The molecule has 170 valence electrons. The largest absolute Gasteiger partial charge is 0.389 e. The number of aliphatic hydroxyl groups is 1. The number of benzene rings is 2. The number of likely N-dealkylation sites (tertiary alicyclic amines) is 1. The Morgan fingerprint density at radius 3 is 2.67 bits per heavy atom. The standard InChI is InChI=1S/C23H19F3N4O2S/c24-13-5-3-12(4-6-13)22-21(29-20(11-31)33-22)23(32)30-7-1-2-14(30)8-19-27-17-9-15(25)16(26)10-18(17)28-19/h3-6,9-10,14,31H,1-2,7-8,11H2,(H,27,28)/t14-/m0/s1. The SMILES string of the molecule is O=C(c1nc(CO)sc1-c1ccc(F)cc1)N1CCC[C@H]1Cc1nc2cc(F)c(F)cc2[nH]1. The number of aromatic nitrogens is 3. The van der Waals surface area contributed by atoms with Gasteiger partial charge in [0.15, 0.2) is 11.6 Å². The molecule has 0 unspecified atom stereocenters. The van der Waals surface area contributed by atoms with Gasteiger partial charge >= 0.3 is 0 Å². The zero-order chi connectivity index (χ0) is 23.1. The highest BCUT2D eigenvalue weighted by Crippen LogP contribution is 2.33. The lowest BCUT2D eigenvalue weighted by atomic mass is 10.1. The number of aromatic amines is 1. The van der Waals surface area contributed by atoms with Gasteiger partial charge in [-0.25, -0.2) is 23.1 Å². The number of aliphatic hydroxyl groups excluding tert-OH is 1. The third kappa shape index (κ3) is 4.11. The van der Waals surface area contributed by atoms with Gasteiger partial charge in [-0.1, -0.05) is 12.1 Å². The quantitative estimate of drug-likeness (QED) is 0.450. The van der Waals surface area contributed by atoms with Gasteiger partial charge in [0.05, 0.1) is 22.5 Å². The van der Waals surface area contributed by atoms with Gasteiger partial charge in [0.25, 0.3) is 5.91 Å². The maximum atomic E-state index is 13.5. The molecule has 10 heteroatoms.